The van der Waals surface area contributed by atoms with Crippen molar-refractivity contribution in [3.8, 4) is 0 Å². The first-order valence-electron chi connectivity index (χ1n) is 13.1. The fourth-order valence-corrected chi connectivity index (χ4v) is 6.50. The molecule has 0 bridgehead atoms. The lowest BCUT2D eigenvalue weighted by Crippen LogP contribution is -2.44. The molecule has 0 saturated carbocycles. The molecule has 5 atom stereocenters. The van der Waals surface area contributed by atoms with Crippen molar-refractivity contribution in [2.45, 2.75) is 51.4 Å². The molecule has 0 aliphatic carbocycles. The van der Waals surface area contributed by atoms with Crippen molar-refractivity contribution in [1.29, 1.82) is 0 Å². The van der Waals surface area contributed by atoms with E-state index in [-0.39, 0.29) is 47.5 Å². The molecule has 7 N–H and O–H groups in total. The summed E-state index contributed by atoms with van der Waals surface area (Å²) in [5.41, 5.74) is 3.62. The number of H-pyrrole nitrogens is 1. The number of ether oxygens (including phenoxy) is 1. The van der Waals surface area contributed by atoms with Crippen molar-refractivity contribution in [1.82, 2.24) is 19.6 Å². The summed E-state index contributed by atoms with van der Waals surface area (Å²) < 4.78 is 32.3. The molecule has 2 unspecified atom stereocenters. The van der Waals surface area contributed by atoms with E-state index in [1.54, 1.807) is 13.8 Å². The van der Waals surface area contributed by atoms with Gasteiger partial charge in [-0.15, -0.1) is 0 Å². The monoisotopic (exact) mass is 625 g/mol. The third-order valence-corrected chi connectivity index (χ3v) is 9.60. The number of hydrogen-bond donors (Lipinski definition) is 6. The molecule has 0 amide bonds. The van der Waals surface area contributed by atoms with Crippen LogP contribution in [0.4, 0.5) is 5.82 Å². The van der Waals surface area contributed by atoms with Gasteiger partial charge in [-0.05, 0) is 26.3 Å². The van der Waals surface area contributed by atoms with E-state index in [9.17, 15) is 29.5 Å². The molecule has 1 saturated heterocycles. The minimum atomic E-state index is -4.02. The maximum atomic E-state index is 13.7. The van der Waals surface area contributed by atoms with Gasteiger partial charge in [0.05, 0.1) is 37.1 Å². The van der Waals surface area contributed by atoms with Crippen LogP contribution in [-0.2, 0) is 29.7 Å². The number of benzene rings is 1. The van der Waals surface area contributed by atoms with Crippen LogP contribution in [0.3, 0.4) is 0 Å². The first-order valence-corrected chi connectivity index (χ1v) is 15.7. The number of aliphatic hydroxyl groups excluding tert-OH is 2. The minimum Gasteiger partial charge on any atom is -0.395 e. The van der Waals surface area contributed by atoms with Gasteiger partial charge in [0.2, 0.25) is 0 Å². The average Bonchev–Trinajstić information content (AvgIpc) is 3.47. The number of anilines is 1. The molecule has 14 nitrogen and oxygen atoms in total. The van der Waals surface area contributed by atoms with Gasteiger partial charge in [0.25, 0.3) is 5.56 Å². The minimum absolute atomic E-state index is 0.0690. The zero-order valence-corrected chi connectivity index (χ0v) is 25.1. The number of nitrogen functional groups attached to an aromatic ring is 1. The molecule has 0 radical (unpaired) electrons. The summed E-state index contributed by atoms with van der Waals surface area (Å²) >= 11 is 0.940. The van der Waals surface area contributed by atoms with Gasteiger partial charge < -0.3 is 35.3 Å². The van der Waals surface area contributed by atoms with E-state index in [2.05, 4.69) is 15.1 Å². The Hall–Kier alpha value is -2.59. The van der Waals surface area contributed by atoms with Gasteiger partial charge in [-0.3, -0.25) is 18.6 Å². The SMILES string of the molecule is CC(C)(CO)C(=O)SCCOP(=O)(NCc1ccccc1)OC[C@H]1O[C@@H](n2cnc3c(=O)[nH]c(N)cc32)[C@@](C)(O)C1O. The van der Waals surface area contributed by atoms with Crippen LogP contribution in [0.1, 0.15) is 32.6 Å². The first kappa shape index (κ1) is 32.3. The molecular weight excluding hydrogens is 589 g/mol. The normalized spacial score (nSPS) is 24.2. The van der Waals surface area contributed by atoms with Crippen LogP contribution < -0.4 is 16.4 Å². The number of rotatable bonds is 13. The molecule has 2 aromatic heterocycles. The molecule has 42 heavy (non-hydrogen) atoms. The average molecular weight is 626 g/mol. The molecule has 4 rings (SSSR count). The number of hydrogen-bond acceptors (Lipinski definition) is 12. The zero-order valence-electron chi connectivity index (χ0n) is 23.4. The predicted octanol–water partition coefficient (Wildman–Crippen LogP) is 1.53. The smallest absolute Gasteiger partial charge is 0.395 e. The topological polar surface area (TPSA) is 211 Å². The number of fused-ring (bicyclic) bond motifs is 1. The zero-order chi connectivity index (χ0) is 30.7. The number of carbonyl (C=O) groups excluding carboxylic acids is 1. The van der Waals surface area contributed by atoms with Crippen molar-refractivity contribution in [2.24, 2.45) is 5.41 Å². The van der Waals surface area contributed by atoms with Gasteiger partial charge in [0.1, 0.15) is 23.6 Å². The van der Waals surface area contributed by atoms with Crippen molar-refractivity contribution >= 4 is 41.5 Å². The predicted molar refractivity (Wildman–Crippen MR) is 156 cm³/mol. The van der Waals surface area contributed by atoms with Gasteiger partial charge in [-0.2, -0.15) is 0 Å². The fourth-order valence-electron chi connectivity index (χ4n) is 4.26. The highest BCUT2D eigenvalue weighted by molar-refractivity contribution is 8.13. The Kier molecular flexibility index (Phi) is 9.97. The summed E-state index contributed by atoms with van der Waals surface area (Å²) in [4.78, 5) is 31.1. The van der Waals surface area contributed by atoms with E-state index in [0.717, 1.165) is 17.3 Å². The Morgan fingerprint density at radius 2 is 2.05 bits per heavy atom. The highest BCUT2D eigenvalue weighted by atomic mass is 32.2. The summed E-state index contributed by atoms with van der Waals surface area (Å²) in [6, 6.07) is 10.6. The Labute approximate surface area is 246 Å². The van der Waals surface area contributed by atoms with E-state index >= 15 is 0 Å². The van der Waals surface area contributed by atoms with E-state index in [1.165, 1.54) is 23.9 Å². The van der Waals surface area contributed by atoms with Crippen molar-refractivity contribution in [2.75, 3.05) is 31.3 Å². The summed E-state index contributed by atoms with van der Waals surface area (Å²) in [5.74, 6) is 0.229. The van der Waals surface area contributed by atoms with Crippen molar-refractivity contribution < 1.29 is 38.5 Å². The number of carbonyl (C=O) groups is 1. The van der Waals surface area contributed by atoms with Crippen LogP contribution in [0.5, 0.6) is 0 Å². The molecule has 3 heterocycles. The number of imidazole rings is 1. The maximum absolute atomic E-state index is 13.7. The Morgan fingerprint density at radius 3 is 2.74 bits per heavy atom. The van der Waals surface area contributed by atoms with Gasteiger partial charge in [-0.25, -0.2) is 14.6 Å². The van der Waals surface area contributed by atoms with E-state index in [0.29, 0.717) is 0 Å². The van der Waals surface area contributed by atoms with Crippen LogP contribution in [0.25, 0.3) is 11.0 Å². The van der Waals surface area contributed by atoms with Crippen LogP contribution >= 0.6 is 19.5 Å². The van der Waals surface area contributed by atoms with E-state index in [1.807, 2.05) is 30.3 Å². The van der Waals surface area contributed by atoms with Gasteiger partial charge in [0, 0.05) is 18.4 Å². The molecule has 1 aromatic carbocycles. The lowest BCUT2D eigenvalue weighted by Gasteiger charge is -2.27. The number of nitrogens with one attached hydrogen (secondary N) is 2. The molecule has 16 heteroatoms. The van der Waals surface area contributed by atoms with Crippen LogP contribution in [0, 0.1) is 5.41 Å². The molecule has 3 aromatic rings. The number of nitrogens with zero attached hydrogens (tertiary/aromatic N) is 2. The first-order chi connectivity index (χ1) is 19.8. The fraction of sp³-hybridized carbons (Fsp3) is 0.500. The number of aromatic nitrogens is 3. The Morgan fingerprint density at radius 1 is 1.33 bits per heavy atom. The lowest BCUT2D eigenvalue weighted by molar-refractivity contribution is -0.119. The van der Waals surface area contributed by atoms with Gasteiger partial charge in [-0.1, -0.05) is 42.1 Å². The summed E-state index contributed by atoms with van der Waals surface area (Å²) in [6.45, 7) is 3.85. The molecule has 1 aliphatic rings. The maximum Gasteiger partial charge on any atom is 0.405 e. The number of nitrogens with two attached hydrogens (primary N) is 1. The molecule has 1 fully saturated rings. The largest absolute Gasteiger partial charge is 0.405 e. The number of thioether (sulfide) groups is 1. The second-order valence-electron chi connectivity index (χ2n) is 10.8. The quantitative estimate of drug-likeness (QED) is 0.118. The number of aromatic amines is 1. The molecular formula is C26H36N5O9PS. The van der Waals surface area contributed by atoms with Crippen LogP contribution in [0.15, 0.2) is 47.5 Å². The highest BCUT2D eigenvalue weighted by Crippen LogP contribution is 2.47. The molecule has 0 spiro atoms. The number of pyridine rings is 1. The van der Waals surface area contributed by atoms with Gasteiger partial charge >= 0.3 is 7.75 Å². The summed E-state index contributed by atoms with van der Waals surface area (Å²) in [6.07, 6.45) is -2.54. The van der Waals surface area contributed by atoms with Crippen LogP contribution in [0.2, 0.25) is 0 Å². The molecule has 1 aliphatic heterocycles. The standard InChI is InChI=1S/C26H36N5O9PS/c1-25(2,14-32)24(35)42-10-9-38-41(37,29-12-16-7-5-4-6-8-16)39-13-18-21(33)26(3,36)23(40-18)31-15-28-20-17(31)11-19(27)30-22(20)34/h4-8,11,15,18,21,23,32-33,36H,9-10,12-14H2,1-3H3,(H,29,37)(H3,27,30,34)/t18-,21?,23-,26+,41?/m1/s1. The summed E-state index contributed by atoms with van der Waals surface area (Å²) in [5, 5.41) is 34.1. The van der Waals surface area contributed by atoms with Gasteiger partial charge in [0.15, 0.2) is 16.9 Å². The third-order valence-electron chi connectivity index (χ3n) is 6.86. The number of aliphatic hydroxyl groups is 3. The highest BCUT2D eigenvalue weighted by Gasteiger charge is 2.54. The van der Waals surface area contributed by atoms with Crippen molar-refractivity contribution in [3.05, 3.63) is 58.6 Å². The molecule has 230 valence electrons. The van der Waals surface area contributed by atoms with Crippen LogP contribution in [-0.4, -0.2) is 78.4 Å². The third kappa shape index (κ3) is 7.13. The Balaban J connectivity index is 1.46. The van der Waals surface area contributed by atoms with E-state index in [4.69, 9.17) is 19.5 Å². The second kappa shape index (κ2) is 13.0. The van der Waals surface area contributed by atoms with E-state index < -0.39 is 49.4 Å². The van der Waals surface area contributed by atoms with Crippen molar-refractivity contribution in [3.63, 3.8) is 0 Å². The second-order valence-corrected chi connectivity index (χ2v) is 13.7. The lowest BCUT2D eigenvalue weighted by atomic mass is 9.96. The summed E-state index contributed by atoms with van der Waals surface area (Å²) in [7, 11) is -4.02. The Bertz CT molecular complexity index is 1500.